The molecule has 4 rings (SSSR count). The molecule has 2 aromatic carbocycles. The Bertz CT molecular complexity index is 1040. The molecule has 0 amide bonds. The molecule has 0 atom stereocenters. The van der Waals surface area contributed by atoms with Crippen molar-refractivity contribution in [1.82, 2.24) is 9.88 Å². The summed E-state index contributed by atoms with van der Waals surface area (Å²) >= 11 is 1.58. The highest BCUT2D eigenvalue weighted by Gasteiger charge is 2.14. The summed E-state index contributed by atoms with van der Waals surface area (Å²) in [7, 11) is 0. The smallest absolute Gasteiger partial charge is 0.226 e. The molecule has 1 aliphatic heterocycles. The fraction of sp³-hybridized carbons (Fsp3) is 0.407. The van der Waals surface area contributed by atoms with Gasteiger partial charge in [-0.2, -0.15) is 0 Å². The number of carbonyl (C=O) groups excluding carboxylic acids is 1. The van der Waals surface area contributed by atoms with Crippen LogP contribution in [0, 0.1) is 12.7 Å². The average molecular weight is 467 g/mol. The third-order valence-electron chi connectivity index (χ3n) is 6.03. The van der Waals surface area contributed by atoms with Gasteiger partial charge in [-0.05, 0) is 81.1 Å². The van der Waals surface area contributed by atoms with Crippen molar-refractivity contribution >= 4 is 17.5 Å². The minimum absolute atomic E-state index is 0.230. The number of ketones is 1. The molecule has 3 aromatic rings. The number of rotatable bonds is 11. The third kappa shape index (κ3) is 7.02. The minimum atomic E-state index is -0.230. The van der Waals surface area contributed by atoms with Crippen LogP contribution < -0.4 is 0 Å². The molecule has 0 aliphatic carbocycles. The number of carbonyl (C=O) groups is 1. The average Bonchev–Trinajstić information content (AvgIpc) is 3.45. The number of nitrogens with zero attached hydrogens (tertiary/aromatic N) is 2. The fourth-order valence-corrected chi connectivity index (χ4v) is 5.05. The van der Waals surface area contributed by atoms with Gasteiger partial charge in [-0.1, -0.05) is 24.3 Å². The highest BCUT2D eigenvalue weighted by molar-refractivity contribution is 7.99. The Morgan fingerprint density at radius 3 is 2.48 bits per heavy atom. The van der Waals surface area contributed by atoms with Crippen LogP contribution in [0.4, 0.5) is 4.39 Å². The summed E-state index contributed by atoms with van der Waals surface area (Å²) in [4.78, 5) is 19.4. The Balaban J connectivity index is 1.21. The van der Waals surface area contributed by atoms with Crippen LogP contribution in [0.15, 0.2) is 52.9 Å². The summed E-state index contributed by atoms with van der Waals surface area (Å²) in [5, 5.41) is 0. The molecule has 1 aromatic heterocycles. The first-order valence-corrected chi connectivity index (χ1v) is 12.8. The van der Waals surface area contributed by atoms with Crippen molar-refractivity contribution in [2.24, 2.45) is 0 Å². The number of hydrogen-bond donors (Lipinski definition) is 0. The molecule has 4 nitrogen and oxygen atoms in total. The predicted molar refractivity (Wildman–Crippen MR) is 132 cm³/mol. The molecule has 0 radical (unpaired) electrons. The molecule has 174 valence electrons. The lowest BCUT2D eigenvalue weighted by Gasteiger charge is -2.14. The van der Waals surface area contributed by atoms with Gasteiger partial charge >= 0.3 is 0 Å². The summed E-state index contributed by atoms with van der Waals surface area (Å²) in [6.07, 6.45) is 4.72. The summed E-state index contributed by atoms with van der Waals surface area (Å²) in [6, 6.07) is 15.0. The first kappa shape index (κ1) is 23.7. The van der Waals surface area contributed by atoms with Crippen molar-refractivity contribution in [3.8, 4) is 11.5 Å². The van der Waals surface area contributed by atoms with Gasteiger partial charge < -0.3 is 4.42 Å². The summed E-state index contributed by atoms with van der Waals surface area (Å²) in [5.41, 5.74) is 4.26. The lowest BCUT2D eigenvalue weighted by Crippen LogP contribution is -2.18. The molecule has 0 unspecified atom stereocenters. The van der Waals surface area contributed by atoms with Gasteiger partial charge in [-0.3, -0.25) is 9.69 Å². The lowest BCUT2D eigenvalue weighted by atomic mass is 10.1. The van der Waals surface area contributed by atoms with Crippen LogP contribution in [0.1, 0.15) is 48.3 Å². The highest BCUT2D eigenvalue weighted by Crippen LogP contribution is 2.25. The second-order valence-electron chi connectivity index (χ2n) is 8.71. The highest BCUT2D eigenvalue weighted by atomic mass is 32.2. The molecular formula is C27H31FN2O2S. The molecule has 6 heteroatoms. The van der Waals surface area contributed by atoms with Crippen molar-refractivity contribution in [2.75, 3.05) is 18.8 Å². The molecular weight excluding hydrogens is 435 g/mol. The van der Waals surface area contributed by atoms with Gasteiger partial charge in [0.1, 0.15) is 17.4 Å². The lowest BCUT2D eigenvalue weighted by molar-refractivity contribution is -0.116. The van der Waals surface area contributed by atoms with E-state index < -0.39 is 0 Å². The normalized spacial score (nSPS) is 14.1. The zero-order chi connectivity index (χ0) is 23.0. The number of benzene rings is 2. The van der Waals surface area contributed by atoms with Crippen LogP contribution in [0.5, 0.6) is 0 Å². The van der Waals surface area contributed by atoms with Gasteiger partial charge in [0.15, 0.2) is 0 Å². The van der Waals surface area contributed by atoms with Crippen LogP contribution >= 0.6 is 11.8 Å². The minimum Gasteiger partial charge on any atom is -0.441 e. The molecule has 0 bridgehead atoms. The molecule has 0 N–H and O–H groups in total. The van der Waals surface area contributed by atoms with Crippen LogP contribution in [-0.2, 0) is 23.5 Å². The van der Waals surface area contributed by atoms with Crippen LogP contribution in [0.25, 0.3) is 11.5 Å². The van der Waals surface area contributed by atoms with E-state index in [1.807, 2.05) is 6.92 Å². The molecule has 1 fully saturated rings. The van der Waals surface area contributed by atoms with Gasteiger partial charge in [0, 0.05) is 24.3 Å². The van der Waals surface area contributed by atoms with Crippen LogP contribution in [0.2, 0.25) is 0 Å². The van der Waals surface area contributed by atoms with E-state index in [0.717, 1.165) is 42.0 Å². The summed E-state index contributed by atoms with van der Waals surface area (Å²) in [5.74, 6) is 2.58. The van der Waals surface area contributed by atoms with Crippen molar-refractivity contribution in [2.45, 2.75) is 51.3 Å². The largest absolute Gasteiger partial charge is 0.441 e. The topological polar surface area (TPSA) is 46.3 Å². The molecule has 1 saturated heterocycles. The van der Waals surface area contributed by atoms with E-state index in [4.69, 9.17) is 4.42 Å². The summed E-state index contributed by atoms with van der Waals surface area (Å²) < 4.78 is 18.9. The van der Waals surface area contributed by atoms with Gasteiger partial charge in [0.2, 0.25) is 5.89 Å². The van der Waals surface area contributed by atoms with Crippen molar-refractivity contribution < 1.29 is 13.6 Å². The Labute approximate surface area is 199 Å². The van der Waals surface area contributed by atoms with Gasteiger partial charge in [0.25, 0.3) is 0 Å². The standard InChI is InChI=1S/C27H31FN2O2S/c1-20-26(19-33-18-25(31)6-4-5-21-9-13-24(28)14-10-21)29-27(32-20)23-11-7-22(8-12-23)17-30-15-2-3-16-30/h7-14H,2-6,15-19H2,1H3. The Morgan fingerprint density at radius 1 is 1.06 bits per heavy atom. The number of aryl methyl sites for hydroxylation is 2. The van der Waals surface area contributed by atoms with Gasteiger partial charge in [-0.25, -0.2) is 9.37 Å². The number of oxazole rings is 1. The molecule has 0 saturated carbocycles. The number of thioether (sulfide) groups is 1. The maximum Gasteiger partial charge on any atom is 0.226 e. The third-order valence-corrected chi connectivity index (χ3v) is 7.04. The van der Waals surface area contributed by atoms with E-state index in [0.29, 0.717) is 23.8 Å². The SMILES string of the molecule is Cc1oc(-c2ccc(CN3CCCC3)cc2)nc1CSCC(=O)CCCc1ccc(F)cc1. The van der Waals surface area contributed by atoms with Gasteiger partial charge in [-0.15, -0.1) is 11.8 Å². The monoisotopic (exact) mass is 466 g/mol. The van der Waals surface area contributed by atoms with Crippen LogP contribution in [-0.4, -0.2) is 34.5 Å². The molecule has 1 aliphatic rings. The van der Waals surface area contributed by atoms with Gasteiger partial charge in [0.05, 0.1) is 11.4 Å². The predicted octanol–water partition coefficient (Wildman–Crippen LogP) is 6.21. The second kappa shape index (κ2) is 11.6. The Kier molecular flexibility index (Phi) is 8.35. The Morgan fingerprint density at radius 2 is 1.76 bits per heavy atom. The number of halogens is 1. The fourth-order valence-electron chi connectivity index (χ4n) is 4.11. The maximum absolute atomic E-state index is 13.0. The van der Waals surface area contributed by atoms with E-state index in [1.54, 1.807) is 23.9 Å². The van der Waals surface area contributed by atoms with Crippen molar-refractivity contribution in [1.29, 1.82) is 0 Å². The molecule has 0 spiro atoms. The maximum atomic E-state index is 13.0. The van der Waals surface area contributed by atoms with E-state index in [-0.39, 0.29) is 11.6 Å². The zero-order valence-electron chi connectivity index (χ0n) is 19.2. The quantitative estimate of drug-likeness (QED) is 0.336. The van der Waals surface area contributed by atoms with Crippen LogP contribution in [0.3, 0.4) is 0 Å². The van der Waals surface area contributed by atoms with Crippen molar-refractivity contribution in [3.63, 3.8) is 0 Å². The number of Topliss-reactive ketones (excluding diaryl/α,β-unsaturated/α-hetero) is 1. The number of aromatic nitrogens is 1. The van der Waals surface area contributed by atoms with E-state index in [2.05, 4.69) is 34.1 Å². The van der Waals surface area contributed by atoms with E-state index in [1.165, 1.54) is 43.6 Å². The Hall–Kier alpha value is -2.44. The number of hydrogen-bond acceptors (Lipinski definition) is 5. The molecule has 2 heterocycles. The first-order valence-electron chi connectivity index (χ1n) is 11.7. The second-order valence-corrected chi connectivity index (χ2v) is 9.70. The summed E-state index contributed by atoms with van der Waals surface area (Å²) in [6.45, 7) is 5.32. The number of likely N-dealkylation sites (tertiary alicyclic amines) is 1. The first-order chi connectivity index (χ1) is 16.1. The molecule has 33 heavy (non-hydrogen) atoms. The van der Waals surface area contributed by atoms with Crippen molar-refractivity contribution in [3.05, 3.63) is 76.9 Å². The van der Waals surface area contributed by atoms with E-state index in [9.17, 15) is 9.18 Å². The van der Waals surface area contributed by atoms with E-state index >= 15 is 0 Å². The zero-order valence-corrected chi connectivity index (χ0v) is 20.0.